The molecular formula is C17H18N4. The van der Waals surface area contributed by atoms with E-state index in [4.69, 9.17) is 0 Å². The molecule has 1 aromatic carbocycles. The summed E-state index contributed by atoms with van der Waals surface area (Å²) in [6.45, 7) is 1.91. The van der Waals surface area contributed by atoms with Crippen LogP contribution in [0.15, 0.2) is 48.8 Å². The molecule has 0 radical (unpaired) electrons. The zero-order chi connectivity index (χ0) is 14.7. The summed E-state index contributed by atoms with van der Waals surface area (Å²) in [6.07, 6.45) is 4.55. The van der Waals surface area contributed by atoms with Gasteiger partial charge in [0.25, 0.3) is 0 Å². The van der Waals surface area contributed by atoms with Crippen molar-refractivity contribution in [2.45, 2.75) is 19.4 Å². The van der Waals surface area contributed by atoms with Gasteiger partial charge in [0.1, 0.15) is 5.82 Å². The summed E-state index contributed by atoms with van der Waals surface area (Å²) >= 11 is 0. The third kappa shape index (κ3) is 2.90. The maximum Gasteiger partial charge on any atom is 0.125 e. The average molecular weight is 278 g/mol. The van der Waals surface area contributed by atoms with Gasteiger partial charge in [0.05, 0.1) is 17.3 Å². The van der Waals surface area contributed by atoms with E-state index < -0.39 is 0 Å². The Hall–Kier alpha value is -2.33. The molecule has 0 aliphatic heterocycles. The second kappa shape index (κ2) is 5.97. The number of likely N-dealkylation sites (N-methyl/N-ethyl adjacent to an activating group) is 1. The third-order valence-electron chi connectivity index (χ3n) is 3.67. The molecule has 4 heteroatoms. The molecule has 0 aliphatic rings. The highest BCUT2D eigenvalue weighted by molar-refractivity contribution is 5.81. The highest BCUT2D eigenvalue weighted by atomic mass is 14.9. The summed E-state index contributed by atoms with van der Waals surface area (Å²) in [6, 6.07) is 12.5. The van der Waals surface area contributed by atoms with Crippen LogP contribution in [0.4, 0.5) is 0 Å². The van der Waals surface area contributed by atoms with E-state index in [1.165, 1.54) is 10.9 Å². The molecule has 1 N–H and O–H groups in total. The zero-order valence-electron chi connectivity index (χ0n) is 12.2. The van der Waals surface area contributed by atoms with Gasteiger partial charge in [0, 0.05) is 17.8 Å². The number of benzene rings is 1. The number of rotatable bonds is 4. The quantitative estimate of drug-likeness (QED) is 0.797. The Balaban J connectivity index is 1.96. The second-order valence-electron chi connectivity index (χ2n) is 5.06. The van der Waals surface area contributed by atoms with Crippen LogP contribution >= 0.6 is 0 Å². The van der Waals surface area contributed by atoms with Crippen molar-refractivity contribution in [1.29, 1.82) is 0 Å². The summed E-state index contributed by atoms with van der Waals surface area (Å²) in [4.78, 5) is 13.1. The number of pyridine rings is 1. The lowest BCUT2D eigenvalue weighted by Crippen LogP contribution is -2.20. The van der Waals surface area contributed by atoms with Gasteiger partial charge < -0.3 is 5.32 Å². The number of hydrogen-bond acceptors (Lipinski definition) is 4. The van der Waals surface area contributed by atoms with Gasteiger partial charge in [-0.1, -0.05) is 18.2 Å². The van der Waals surface area contributed by atoms with Crippen LogP contribution in [0.25, 0.3) is 10.9 Å². The van der Waals surface area contributed by atoms with Gasteiger partial charge >= 0.3 is 0 Å². The van der Waals surface area contributed by atoms with Gasteiger partial charge in [-0.25, -0.2) is 9.97 Å². The molecular weight excluding hydrogens is 260 g/mol. The Morgan fingerprint density at radius 3 is 2.67 bits per heavy atom. The van der Waals surface area contributed by atoms with E-state index in [1.54, 1.807) is 0 Å². The van der Waals surface area contributed by atoms with E-state index >= 15 is 0 Å². The molecule has 3 aromatic rings. The third-order valence-corrected chi connectivity index (χ3v) is 3.67. The molecule has 0 spiro atoms. The Bertz CT molecular complexity index is 749. The maximum absolute atomic E-state index is 4.53. The molecule has 0 bridgehead atoms. The number of aromatic nitrogens is 3. The SMILES string of the molecule is CNC(Cc1ccnc2ccccc12)c1ccnc(C)n1. The van der Waals surface area contributed by atoms with Crippen molar-refractivity contribution in [3.8, 4) is 0 Å². The predicted octanol–water partition coefficient (Wildman–Crippen LogP) is 2.84. The first kappa shape index (κ1) is 13.6. The molecule has 0 aliphatic carbocycles. The van der Waals surface area contributed by atoms with E-state index in [2.05, 4.69) is 38.5 Å². The van der Waals surface area contributed by atoms with Crippen LogP contribution in [0.3, 0.4) is 0 Å². The fourth-order valence-electron chi connectivity index (χ4n) is 2.58. The molecule has 4 nitrogen and oxygen atoms in total. The van der Waals surface area contributed by atoms with Crippen molar-refractivity contribution in [1.82, 2.24) is 20.3 Å². The second-order valence-corrected chi connectivity index (χ2v) is 5.06. The van der Waals surface area contributed by atoms with Gasteiger partial charge in [-0.15, -0.1) is 0 Å². The molecule has 2 heterocycles. The summed E-state index contributed by atoms with van der Waals surface area (Å²) in [5.41, 5.74) is 3.32. The zero-order valence-corrected chi connectivity index (χ0v) is 12.2. The number of para-hydroxylation sites is 1. The minimum atomic E-state index is 0.164. The minimum Gasteiger partial charge on any atom is -0.311 e. The summed E-state index contributed by atoms with van der Waals surface area (Å²) in [5, 5.41) is 4.55. The molecule has 106 valence electrons. The standard InChI is InChI=1S/C17H18N4/c1-12-19-10-8-16(21-12)17(18-2)11-13-7-9-20-15-6-4-3-5-14(13)15/h3-10,17-18H,11H2,1-2H3. The first-order chi connectivity index (χ1) is 10.3. The van der Waals surface area contributed by atoms with Crippen LogP contribution in [-0.2, 0) is 6.42 Å². The van der Waals surface area contributed by atoms with Crippen molar-refractivity contribution >= 4 is 10.9 Å². The molecule has 1 atom stereocenters. The normalized spacial score (nSPS) is 12.5. The van der Waals surface area contributed by atoms with Crippen molar-refractivity contribution in [2.24, 2.45) is 0 Å². The Labute approximate surface area is 124 Å². The van der Waals surface area contributed by atoms with E-state index in [0.29, 0.717) is 0 Å². The number of hydrogen-bond donors (Lipinski definition) is 1. The summed E-state index contributed by atoms with van der Waals surface area (Å²) < 4.78 is 0. The van der Waals surface area contributed by atoms with Gasteiger partial charge in [-0.05, 0) is 44.2 Å². The highest BCUT2D eigenvalue weighted by Gasteiger charge is 2.13. The Kier molecular flexibility index (Phi) is 3.88. The van der Waals surface area contributed by atoms with Gasteiger partial charge in [0.15, 0.2) is 0 Å². The van der Waals surface area contributed by atoms with Crippen molar-refractivity contribution in [2.75, 3.05) is 7.05 Å². The fourth-order valence-corrected chi connectivity index (χ4v) is 2.58. The van der Waals surface area contributed by atoms with Crippen LogP contribution < -0.4 is 5.32 Å². The lowest BCUT2D eigenvalue weighted by molar-refractivity contribution is 0.574. The monoisotopic (exact) mass is 278 g/mol. The lowest BCUT2D eigenvalue weighted by atomic mass is 10.00. The summed E-state index contributed by atoms with van der Waals surface area (Å²) in [7, 11) is 1.96. The Morgan fingerprint density at radius 1 is 1.05 bits per heavy atom. The van der Waals surface area contributed by atoms with E-state index in [1.807, 2.05) is 44.6 Å². The number of nitrogens with one attached hydrogen (secondary N) is 1. The summed E-state index contributed by atoms with van der Waals surface area (Å²) in [5.74, 6) is 0.798. The predicted molar refractivity (Wildman–Crippen MR) is 84.0 cm³/mol. The van der Waals surface area contributed by atoms with Gasteiger partial charge in [-0.2, -0.15) is 0 Å². The first-order valence-electron chi connectivity index (χ1n) is 7.07. The first-order valence-corrected chi connectivity index (χ1v) is 7.07. The van der Waals surface area contributed by atoms with Crippen LogP contribution in [0.5, 0.6) is 0 Å². The molecule has 0 saturated heterocycles. The minimum absolute atomic E-state index is 0.164. The fraction of sp³-hybridized carbons (Fsp3) is 0.235. The van der Waals surface area contributed by atoms with Crippen molar-refractivity contribution in [3.63, 3.8) is 0 Å². The highest BCUT2D eigenvalue weighted by Crippen LogP contribution is 2.22. The largest absolute Gasteiger partial charge is 0.311 e. The van der Waals surface area contributed by atoms with Crippen LogP contribution in [0, 0.1) is 6.92 Å². The average Bonchev–Trinajstić information content (AvgIpc) is 2.52. The van der Waals surface area contributed by atoms with E-state index in [0.717, 1.165) is 23.5 Å². The topological polar surface area (TPSA) is 50.7 Å². The number of nitrogens with zero attached hydrogens (tertiary/aromatic N) is 3. The van der Waals surface area contributed by atoms with Gasteiger partial charge in [-0.3, -0.25) is 4.98 Å². The van der Waals surface area contributed by atoms with Crippen molar-refractivity contribution in [3.05, 3.63) is 65.9 Å². The van der Waals surface area contributed by atoms with E-state index in [9.17, 15) is 0 Å². The Morgan fingerprint density at radius 2 is 1.86 bits per heavy atom. The van der Waals surface area contributed by atoms with Crippen LogP contribution in [0.2, 0.25) is 0 Å². The van der Waals surface area contributed by atoms with Crippen molar-refractivity contribution < 1.29 is 0 Å². The molecule has 0 amide bonds. The smallest absolute Gasteiger partial charge is 0.125 e. The molecule has 21 heavy (non-hydrogen) atoms. The molecule has 2 aromatic heterocycles. The van der Waals surface area contributed by atoms with E-state index in [-0.39, 0.29) is 6.04 Å². The maximum atomic E-state index is 4.53. The van der Waals surface area contributed by atoms with Gasteiger partial charge in [0.2, 0.25) is 0 Å². The van der Waals surface area contributed by atoms with Crippen LogP contribution in [0.1, 0.15) is 23.1 Å². The molecule has 0 saturated carbocycles. The number of fused-ring (bicyclic) bond motifs is 1. The molecule has 1 unspecified atom stereocenters. The lowest BCUT2D eigenvalue weighted by Gasteiger charge is -2.17. The molecule has 3 rings (SSSR count). The van der Waals surface area contributed by atoms with Crippen LogP contribution in [-0.4, -0.2) is 22.0 Å². The number of aryl methyl sites for hydroxylation is 1. The molecule has 0 fully saturated rings.